The molecule has 0 aliphatic rings. The molecule has 0 saturated carbocycles. The molecule has 0 saturated heterocycles. The van der Waals surface area contributed by atoms with Crippen molar-refractivity contribution < 1.29 is 14.7 Å². The van der Waals surface area contributed by atoms with Crippen molar-refractivity contribution in [2.75, 3.05) is 6.54 Å². The fourth-order valence-corrected chi connectivity index (χ4v) is 2.60. The molecule has 24 heavy (non-hydrogen) atoms. The van der Waals surface area contributed by atoms with Crippen LogP contribution in [0.25, 0.3) is 5.69 Å². The summed E-state index contributed by atoms with van der Waals surface area (Å²) in [5.74, 6) is -1.35. The zero-order valence-electron chi connectivity index (χ0n) is 14.7. The summed E-state index contributed by atoms with van der Waals surface area (Å²) >= 11 is 0. The molecule has 2 rings (SSSR count). The second-order valence-electron chi connectivity index (χ2n) is 6.27. The molecule has 1 amide bonds. The summed E-state index contributed by atoms with van der Waals surface area (Å²) in [6, 6.07) is 5.84. The fourth-order valence-electron chi connectivity index (χ4n) is 2.60. The first-order valence-corrected chi connectivity index (χ1v) is 7.87. The predicted octanol–water partition coefficient (Wildman–Crippen LogP) is 2.73. The summed E-state index contributed by atoms with van der Waals surface area (Å²) in [6.07, 6.45) is 1.51. The smallest absolute Gasteiger partial charge is 0.323 e. The standard InChI is InChI=1S/C18H23N3O3/c1-11(2)20(10-17(22)23)18(24)15-9-19-21(14(15)5)16-8-12(3)6-7-13(16)4/h6-9,11H,10H2,1-5H3,(H,22,23). The first-order valence-electron chi connectivity index (χ1n) is 7.87. The zero-order valence-corrected chi connectivity index (χ0v) is 14.7. The van der Waals surface area contributed by atoms with Crippen molar-refractivity contribution in [3.63, 3.8) is 0 Å². The number of aromatic nitrogens is 2. The third-order valence-corrected chi connectivity index (χ3v) is 4.02. The van der Waals surface area contributed by atoms with Crippen molar-refractivity contribution in [1.29, 1.82) is 0 Å². The van der Waals surface area contributed by atoms with Crippen LogP contribution in [-0.4, -0.2) is 44.3 Å². The Balaban J connectivity index is 2.43. The van der Waals surface area contributed by atoms with E-state index in [-0.39, 0.29) is 18.5 Å². The average molecular weight is 329 g/mol. The van der Waals surface area contributed by atoms with Gasteiger partial charge in [0, 0.05) is 6.04 Å². The van der Waals surface area contributed by atoms with Crippen LogP contribution in [0.2, 0.25) is 0 Å². The molecule has 2 aromatic rings. The largest absolute Gasteiger partial charge is 0.480 e. The van der Waals surface area contributed by atoms with Crippen LogP contribution in [0.1, 0.15) is 41.0 Å². The van der Waals surface area contributed by atoms with Gasteiger partial charge < -0.3 is 10.0 Å². The lowest BCUT2D eigenvalue weighted by Gasteiger charge is -2.24. The van der Waals surface area contributed by atoms with Crippen molar-refractivity contribution in [2.45, 2.75) is 40.7 Å². The van der Waals surface area contributed by atoms with Gasteiger partial charge in [-0.25, -0.2) is 4.68 Å². The highest BCUT2D eigenvalue weighted by Gasteiger charge is 2.25. The number of benzene rings is 1. The van der Waals surface area contributed by atoms with Gasteiger partial charge in [-0.05, 0) is 51.8 Å². The van der Waals surface area contributed by atoms with Crippen LogP contribution in [0.15, 0.2) is 24.4 Å². The van der Waals surface area contributed by atoms with Crippen LogP contribution in [0, 0.1) is 20.8 Å². The highest BCUT2D eigenvalue weighted by atomic mass is 16.4. The monoisotopic (exact) mass is 329 g/mol. The molecule has 0 fully saturated rings. The first-order chi connectivity index (χ1) is 11.2. The molecule has 0 unspecified atom stereocenters. The number of carbonyl (C=O) groups excluding carboxylic acids is 1. The molecule has 0 bridgehead atoms. The third-order valence-electron chi connectivity index (χ3n) is 4.02. The summed E-state index contributed by atoms with van der Waals surface area (Å²) in [5.41, 5.74) is 4.20. The van der Waals surface area contributed by atoms with Gasteiger partial charge in [-0.3, -0.25) is 9.59 Å². The molecule has 6 heteroatoms. The van der Waals surface area contributed by atoms with Crippen LogP contribution in [0.5, 0.6) is 0 Å². The zero-order chi connectivity index (χ0) is 18.0. The maximum atomic E-state index is 12.7. The van der Waals surface area contributed by atoms with Gasteiger partial charge in [0.1, 0.15) is 6.54 Å². The van der Waals surface area contributed by atoms with Gasteiger partial charge in [0.05, 0.1) is 23.1 Å². The Hall–Kier alpha value is -2.63. The van der Waals surface area contributed by atoms with E-state index in [9.17, 15) is 9.59 Å². The number of carbonyl (C=O) groups is 2. The number of carboxylic acids is 1. The summed E-state index contributed by atoms with van der Waals surface area (Å²) in [6.45, 7) is 9.08. The van der Waals surface area contributed by atoms with Crippen molar-refractivity contribution >= 4 is 11.9 Å². The average Bonchev–Trinajstić information content (AvgIpc) is 2.87. The minimum atomic E-state index is -1.03. The number of amides is 1. The van der Waals surface area contributed by atoms with Crippen LogP contribution in [0.4, 0.5) is 0 Å². The normalized spacial score (nSPS) is 10.9. The Morgan fingerprint density at radius 1 is 1.25 bits per heavy atom. The molecule has 128 valence electrons. The fraction of sp³-hybridized carbons (Fsp3) is 0.389. The third kappa shape index (κ3) is 3.48. The van der Waals surface area contributed by atoms with E-state index in [1.165, 1.54) is 11.1 Å². The Bertz CT molecular complexity index is 778. The lowest BCUT2D eigenvalue weighted by Crippen LogP contribution is -2.40. The summed E-state index contributed by atoms with van der Waals surface area (Å²) in [4.78, 5) is 25.1. The molecular weight excluding hydrogens is 306 g/mol. The summed E-state index contributed by atoms with van der Waals surface area (Å²) in [5, 5.41) is 13.4. The number of aryl methyl sites for hydroxylation is 2. The number of aliphatic carboxylic acids is 1. The van der Waals surface area contributed by atoms with E-state index < -0.39 is 5.97 Å². The van der Waals surface area contributed by atoms with Crippen LogP contribution < -0.4 is 0 Å². The Morgan fingerprint density at radius 2 is 1.92 bits per heavy atom. The van der Waals surface area contributed by atoms with E-state index in [1.807, 2.05) is 39.0 Å². The van der Waals surface area contributed by atoms with E-state index in [2.05, 4.69) is 5.10 Å². The molecule has 0 spiro atoms. The van der Waals surface area contributed by atoms with Crippen molar-refractivity contribution in [3.8, 4) is 5.69 Å². The van der Waals surface area contributed by atoms with Crippen LogP contribution in [0.3, 0.4) is 0 Å². The molecule has 1 N–H and O–H groups in total. The summed E-state index contributed by atoms with van der Waals surface area (Å²) in [7, 11) is 0. The Kier molecular flexibility index (Phi) is 5.07. The minimum absolute atomic E-state index is 0.211. The first kappa shape index (κ1) is 17.7. The van der Waals surface area contributed by atoms with Gasteiger partial charge in [-0.1, -0.05) is 12.1 Å². The minimum Gasteiger partial charge on any atom is -0.480 e. The van der Waals surface area contributed by atoms with E-state index in [0.717, 1.165) is 16.8 Å². The second kappa shape index (κ2) is 6.86. The van der Waals surface area contributed by atoms with E-state index in [1.54, 1.807) is 18.5 Å². The van der Waals surface area contributed by atoms with Gasteiger partial charge in [0.15, 0.2) is 0 Å². The Morgan fingerprint density at radius 3 is 2.50 bits per heavy atom. The number of hydrogen-bond acceptors (Lipinski definition) is 3. The van der Waals surface area contributed by atoms with Gasteiger partial charge in [-0.2, -0.15) is 5.10 Å². The topological polar surface area (TPSA) is 75.4 Å². The number of carboxylic acid groups (broad SMARTS) is 1. The van der Waals surface area contributed by atoms with Gasteiger partial charge in [-0.15, -0.1) is 0 Å². The molecule has 6 nitrogen and oxygen atoms in total. The van der Waals surface area contributed by atoms with Crippen LogP contribution >= 0.6 is 0 Å². The lowest BCUT2D eigenvalue weighted by molar-refractivity contribution is -0.138. The van der Waals surface area contributed by atoms with Crippen molar-refractivity contribution in [1.82, 2.24) is 14.7 Å². The molecule has 1 heterocycles. The SMILES string of the molecule is Cc1ccc(C)c(-n2ncc(C(=O)N(CC(=O)O)C(C)C)c2C)c1. The predicted molar refractivity (Wildman–Crippen MR) is 91.6 cm³/mol. The molecule has 1 aromatic heterocycles. The van der Waals surface area contributed by atoms with E-state index >= 15 is 0 Å². The number of hydrogen-bond donors (Lipinski definition) is 1. The molecule has 0 aliphatic carbocycles. The molecular formula is C18H23N3O3. The second-order valence-corrected chi connectivity index (χ2v) is 6.27. The molecule has 0 aliphatic heterocycles. The number of rotatable bonds is 5. The Labute approximate surface area is 141 Å². The molecule has 0 atom stereocenters. The lowest BCUT2D eigenvalue weighted by atomic mass is 10.1. The quantitative estimate of drug-likeness (QED) is 0.915. The summed E-state index contributed by atoms with van der Waals surface area (Å²) < 4.78 is 1.73. The molecule has 0 radical (unpaired) electrons. The van der Waals surface area contributed by atoms with E-state index in [4.69, 9.17) is 5.11 Å². The highest BCUT2D eigenvalue weighted by Crippen LogP contribution is 2.20. The van der Waals surface area contributed by atoms with Crippen molar-refractivity contribution in [3.05, 3.63) is 46.8 Å². The van der Waals surface area contributed by atoms with Gasteiger partial charge >= 0.3 is 5.97 Å². The number of nitrogens with zero attached hydrogens (tertiary/aromatic N) is 3. The van der Waals surface area contributed by atoms with Gasteiger partial charge in [0.2, 0.25) is 0 Å². The van der Waals surface area contributed by atoms with E-state index in [0.29, 0.717) is 11.3 Å². The maximum absolute atomic E-state index is 12.7. The van der Waals surface area contributed by atoms with Crippen LogP contribution in [-0.2, 0) is 4.79 Å². The van der Waals surface area contributed by atoms with Crippen molar-refractivity contribution in [2.24, 2.45) is 0 Å². The molecule has 1 aromatic carbocycles. The van der Waals surface area contributed by atoms with Gasteiger partial charge in [0.25, 0.3) is 5.91 Å². The highest BCUT2D eigenvalue weighted by molar-refractivity contribution is 5.97. The maximum Gasteiger partial charge on any atom is 0.323 e.